The van der Waals surface area contributed by atoms with E-state index in [0.29, 0.717) is 36.0 Å². The van der Waals surface area contributed by atoms with Crippen LogP contribution in [0.5, 0.6) is 0 Å². The fourth-order valence-electron chi connectivity index (χ4n) is 5.62. The zero-order valence-corrected chi connectivity index (χ0v) is 26.2. The van der Waals surface area contributed by atoms with E-state index >= 15 is 0 Å². The number of para-hydroxylation sites is 1. The van der Waals surface area contributed by atoms with Gasteiger partial charge in [-0.3, -0.25) is 9.59 Å². The molecular formula is C35H38BrN4O3+. The largest absolute Gasteiger partial charge is 0.463 e. The summed E-state index contributed by atoms with van der Waals surface area (Å²) in [6, 6.07) is 22.1. The maximum absolute atomic E-state index is 13.3. The number of nitrogens with one attached hydrogen (secondary N) is 2. The summed E-state index contributed by atoms with van der Waals surface area (Å²) in [7, 11) is 0. The number of carbonyl (C=O) groups excluding carboxylic acids is 1. The smallest absolute Gasteiger partial charge is 0.220 e. The maximum Gasteiger partial charge on any atom is 0.220 e. The Hall–Kier alpha value is -4.01. The average Bonchev–Trinajstić information content (AvgIpc) is 3.21. The highest BCUT2D eigenvalue weighted by atomic mass is 79.9. The van der Waals surface area contributed by atoms with Gasteiger partial charge in [-0.25, -0.2) is 0 Å². The Morgan fingerprint density at radius 3 is 2.60 bits per heavy atom. The Morgan fingerprint density at radius 2 is 1.81 bits per heavy atom. The van der Waals surface area contributed by atoms with Gasteiger partial charge in [-0.05, 0) is 75.2 Å². The predicted molar refractivity (Wildman–Crippen MR) is 179 cm³/mol. The highest BCUT2D eigenvalue weighted by Crippen LogP contribution is 2.42. The third-order valence-electron chi connectivity index (χ3n) is 7.89. The van der Waals surface area contributed by atoms with E-state index in [9.17, 15) is 9.59 Å². The van der Waals surface area contributed by atoms with Gasteiger partial charge in [0, 0.05) is 59.5 Å². The summed E-state index contributed by atoms with van der Waals surface area (Å²) >= 11 is 3.46. The van der Waals surface area contributed by atoms with Gasteiger partial charge < -0.3 is 20.8 Å². The molecule has 1 aliphatic heterocycles. The molecule has 222 valence electrons. The zero-order valence-electron chi connectivity index (χ0n) is 24.7. The third-order valence-corrected chi connectivity index (χ3v) is 8.38. The Morgan fingerprint density at radius 1 is 1.00 bits per heavy atom. The van der Waals surface area contributed by atoms with Gasteiger partial charge in [0.2, 0.25) is 11.6 Å². The Bertz CT molecular complexity index is 1740. The van der Waals surface area contributed by atoms with E-state index in [2.05, 4.69) is 81.4 Å². The molecule has 0 unspecified atom stereocenters. The molecule has 5 rings (SSSR count). The summed E-state index contributed by atoms with van der Waals surface area (Å²) in [6.45, 7) is 6.20. The standard InChI is InChI=1S/C35H37BrN4O3/c1-35(2)29-22-27(39-26-9-5-3-6-10-26)14-15-30(29)40(20-8-4-7-11-33(41)38-19-18-37)32(35)17-12-24-23-43-31-16-13-25(36)21-28(31)34(24)42/h3,5-6,9-10,12-17,21-23,39H,4,7-8,11,18-20,37H2,1-2H3/p+1/b17-12+. The van der Waals surface area contributed by atoms with Gasteiger partial charge in [-0.1, -0.05) is 34.1 Å². The minimum absolute atomic E-state index is 0.0491. The molecule has 3 aromatic carbocycles. The van der Waals surface area contributed by atoms with Crippen LogP contribution in [0.25, 0.3) is 17.0 Å². The van der Waals surface area contributed by atoms with Gasteiger partial charge >= 0.3 is 0 Å². The van der Waals surface area contributed by atoms with Gasteiger partial charge in [0.25, 0.3) is 0 Å². The van der Waals surface area contributed by atoms with E-state index in [0.717, 1.165) is 53.1 Å². The SMILES string of the molecule is CC1(C)C(/C=C/c2coc3ccc(Br)cc3c2=O)=[N+](CCCCCC(=O)NCCN)c2ccc(Nc3ccccc3)cc21. The van der Waals surface area contributed by atoms with E-state index in [-0.39, 0.29) is 16.8 Å². The van der Waals surface area contributed by atoms with Crippen LogP contribution in [-0.4, -0.2) is 35.8 Å². The van der Waals surface area contributed by atoms with Gasteiger partial charge in [0.05, 0.1) is 16.4 Å². The van der Waals surface area contributed by atoms with Gasteiger partial charge in [0.1, 0.15) is 18.4 Å². The number of hydrogen-bond donors (Lipinski definition) is 3. The summed E-state index contributed by atoms with van der Waals surface area (Å²) in [5.41, 5.74) is 11.7. The lowest BCUT2D eigenvalue weighted by molar-refractivity contribution is -0.438. The topological polar surface area (TPSA) is 100 Å². The summed E-state index contributed by atoms with van der Waals surface area (Å²) in [6.07, 6.45) is 8.63. The van der Waals surface area contributed by atoms with Gasteiger partial charge in [0.15, 0.2) is 11.1 Å². The Labute approximate surface area is 260 Å². The van der Waals surface area contributed by atoms with Crippen LogP contribution in [0.1, 0.15) is 50.7 Å². The van der Waals surface area contributed by atoms with Crippen molar-refractivity contribution in [1.29, 1.82) is 0 Å². The van der Waals surface area contributed by atoms with E-state index in [1.807, 2.05) is 30.3 Å². The molecule has 43 heavy (non-hydrogen) atoms. The lowest BCUT2D eigenvalue weighted by atomic mass is 9.81. The molecule has 8 heteroatoms. The van der Waals surface area contributed by atoms with Crippen molar-refractivity contribution >= 4 is 61.7 Å². The van der Waals surface area contributed by atoms with Crippen molar-refractivity contribution in [2.24, 2.45) is 5.73 Å². The third kappa shape index (κ3) is 6.98. The second-order valence-corrected chi connectivity index (χ2v) is 12.2. The number of nitrogens with two attached hydrogens (primary N) is 1. The van der Waals surface area contributed by atoms with Gasteiger partial charge in [-0.15, -0.1) is 0 Å². The molecule has 0 bridgehead atoms. The number of nitrogens with zero attached hydrogens (tertiary/aromatic N) is 1. The van der Waals surface area contributed by atoms with Crippen LogP contribution < -0.4 is 21.8 Å². The number of fused-ring (bicyclic) bond motifs is 2. The number of hydrogen-bond acceptors (Lipinski definition) is 5. The van der Waals surface area contributed by atoms with E-state index < -0.39 is 0 Å². The normalized spacial score (nSPS) is 14.0. The van der Waals surface area contributed by atoms with Crippen LogP contribution in [0.15, 0.2) is 92.8 Å². The van der Waals surface area contributed by atoms with Crippen molar-refractivity contribution in [3.63, 3.8) is 0 Å². The number of rotatable bonds is 12. The Balaban J connectivity index is 1.44. The van der Waals surface area contributed by atoms with E-state index in [4.69, 9.17) is 10.2 Å². The van der Waals surface area contributed by atoms with Crippen LogP contribution in [0.4, 0.5) is 17.1 Å². The second kappa shape index (κ2) is 13.5. The van der Waals surface area contributed by atoms with Crippen molar-refractivity contribution in [2.45, 2.75) is 44.9 Å². The first-order chi connectivity index (χ1) is 20.8. The van der Waals surface area contributed by atoms with Crippen molar-refractivity contribution in [2.75, 3.05) is 25.0 Å². The number of amides is 1. The summed E-state index contributed by atoms with van der Waals surface area (Å²) < 4.78 is 8.98. The van der Waals surface area contributed by atoms with E-state index in [1.165, 1.54) is 11.8 Å². The average molecular weight is 643 g/mol. The highest BCUT2D eigenvalue weighted by Gasteiger charge is 2.44. The fraction of sp³-hybridized carbons (Fsp3) is 0.286. The predicted octanol–water partition coefficient (Wildman–Crippen LogP) is 7.02. The highest BCUT2D eigenvalue weighted by molar-refractivity contribution is 9.10. The first-order valence-electron chi connectivity index (χ1n) is 14.8. The Kier molecular flexibility index (Phi) is 9.58. The number of halogens is 1. The first kappa shape index (κ1) is 30.4. The quantitative estimate of drug-likeness (QED) is 0.114. The number of carbonyl (C=O) groups is 1. The van der Waals surface area contributed by atoms with Crippen LogP contribution in [0, 0.1) is 0 Å². The fourth-order valence-corrected chi connectivity index (χ4v) is 5.98. The lowest BCUT2D eigenvalue weighted by Gasteiger charge is -2.17. The molecule has 4 aromatic rings. The molecule has 0 fully saturated rings. The molecule has 0 atom stereocenters. The molecule has 0 saturated carbocycles. The van der Waals surface area contributed by atoms with Crippen molar-refractivity contribution in [3.8, 4) is 0 Å². The molecule has 2 heterocycles. The molecule has 1 aromatic heterocycles. The second-order valence-electron chi connectivity index (χ2n) is 11.3. The van der Waals surface area contributed by atoms with Gasteiger partial charge in [-0.2, -0.15) is 4.58 Å². The maximum atomic E-state index is 13.3. The molecule has 0 aliphatic carbocycles. The minimum atomic E-state index is -0.317. The minimum Gasteiger partial charge on any atom is -0.463 e. The molecule has 7 nitrogen and oxygen atoms in total. The lowest BCUT2D eigenvalue weighted by Crippen LogP contribution is -2.28. The molecule has 0 radical (unpaired) electrons. The number of allylic oxidation sites excluding steroid dienone is 1. The number of benzene rings is 3. The number of unbranched alkanes of at least 4 members (excludes halogenated alkanes) is 2. The van der Waals surface area contributed by atoms with Crippen LogP contribution in [0.3, 0.4) is 0 Å². The van der Waals surface area contributed by atoms with Crippen molar-refractivity contribution < 1.29 is 13.8 Å². The van der Waals surface area contributed by atoms with Crippen LogP contribution in [0.2, 0.25) is 0 Å². The monoisotopic (exact) mass is 641 g/mol. The first-order valence-corrected chi connectivity index (χ1v) is 15.5. The van der Waals surface area contributed by atoms with E-state index in [1.54, 1.807) is 12.1 Å². The summed E-state index contributed by atoms with van der Waals surface area (Å²) in [5, 5.41) is 6.90. The molecule has 1 aliphatic rings. The summed E-state index contributed by atoms with van der Waals surface area (Å²) in [5.74, 6) is 0.0491. The van der Waals surface area contributed by atoms with Crippen LogP contribution in [-0.2, 0) is 10.2 Å². The van der Waals surface area contributed by atoms with Crippen molar-refractivity contribution in [1.82, 2.24) is 5.32 Å². The molecule has 1 amide bonds. The van der Waals surface area contributed by atoms with Crippen LogP contribution >= 0.6 is 15.9 Å². The zero-order chi connectivity index (χ0) is 30.4. The molecule has 0 spiro atoms. The summed E-state index contributed by atoms with van der Waals surface area (Å²) in [4.78, 5) is 25.3. The number of anilines is 2. The molecular weight excluding hydrogens is 604 g/mol. The molecule has 0 saturated heterocycles. The molecule has 4 N–H and O–H groups in total. The van der Waals surface area contributed by atoms with Crippen molar-refractivity contribution in [3.05, 3.63) is 105 Å².